The minimum atomic E-state index is -0.802. The molecular weight excluding hydrogens is 363 g/mol. The van der Waals surface area contributed by atoms with Crippen molar-refractivity contribution in [3.63, 3.8) is 0 Å². The van der Waals surface area contributed by atoms with Crippen LogP contribution in [0.4, 0.5) is 4.39 Å². The van der Waals surface area contributed by atoms with Crippen LogP contribution in [0.1, 0.15) is 24.2 Å². The number of fused-ring (bicyclic) bond motifs is 1. The molecule has 2 aromatic carbocycles. The van der Waals surface area contributed by atoms with Gasteiger partial charge in [0.05, 0.1) is 12.1 Å². The molecule has 1 aliphatic heterocycles. The van der Waals surface area contributed by atoms with E-state index in [2.05, 4.69) is 10.6 Å². The van der Waals surface area contributed by atoms with E-state index in [0.29, 0.717) is 18.1 Å². The van der Waals surface area contributed by atoms with Gasteiger partial charge in [0.2, 0.25) is 5.91 Å². The van der Waals surface area contributed by atoms with Gasteiger partial charge in [0.15, 0.2) is 11.5 Å². The van der Waals surface area contributed by atoms with Crippen LogP contribution in [-0.2, 0) is 4.79 Å². The summed E-state index contributed by atoms with van der Waals surface area (Å²) in [6.07, 6.45) is -0.339. The fraction of sp³-hybridized carbons (Fsp3) is 0.333. The van der Waals surface area contributed by atoms with Crippen LogP contribution >= 0.6 is 0 Å². The second kappa shape index (κ2) is 8.73. The highest BCUT2D eigenvalue weighted by Gasteiger charge is 2.27. The predicted molar refractivity (Wildman–Crippen MR) is 102 cm³/mol. The summed E-state index contributed by atoms with van der Waals surface area (Å²) < 4.78 is 25.2. The lowest BCUT2D eigenvalue weighted by Crippen LogP contribution is -2.52. The van der Waals surface area contributed by atoms with Crippen LogP contribution in [-0.4, -0.2) is 37.1 Å². The summed E-state index contributed by atoms with van der Waals surface area (Å²) in [6, 6.07) is 12.2. The first-order valence-corrected chi connectivity index (χ1v) is 9.17. The van der Waals surface area contributed by atoms with Crippen molar-refractivity contribution >= 4 is 11.8 Å². The Hall–Kier alpha value is -3.09. The second-order valence-electron chi connectivity index (χ2n) is 6.92. The number of rotatable bonds is 6. The molecule has 6 nitrogen and oxygen atoms in total. The zero-order valence-electron chi connectivity index (χ0n) is 15.8. The number of ether oxygens (including phenoxy) is 2. The first kappa shape index (κ1) is 19.7. The Balaban J connectivity index is 1.58. The summed E-state index contributed by atoms with van der Waals surface area (Å²) in [6.45, 7) is 4.15. The van der Waals surface area contributed by atoms with Crippen molar-refractivity contribution < 1.29 is 23.5 Å². The largest absolute Gasteiger partial charge is 0.486 e. The molecular formula is C21H23FN2O4. The minimum absolute atomic E-state index is 0.0958. The van der Waals surface area contributed by atoms with Gasteiger partial charge in [-0.15, -0.1) is 0 Å². The summed E-state index contributed by atoms with van der Waals surface area (Å²) in [4.78, 5) is 25.0. The molecule has 2 unspecified atom stereocenters. The zero-order valence-corrected chi connectivity index (χ0v) is 15.8. The fourth-order valence-corrected chi connectivity index (χ4v) is 2.89. The van der Waals surface area contributed by atoms with E-state index in [1.807, 2.05) is 32.0 Å². The molecule has 0 fully saturated rings. The lowest BCUT2D eigenvalue weighted by molar-refractivity contribution is -0.124. The molecule has 28 heavy (non-hydrogen) atoms. The first-order valence-electron chi connectivity index (χ1n) is 9.17. The Labute approximate surface area is 163 Å². The Morgan fingerprint density at radius 3 is 2.50 bits per heavy atom. The van der Waals surface area contributed by atoms with Gasteiger partial charge in [0.25, 0.3) is 5.91 Å². The molecule has 2 atom stereocenters. The van der Waals surface area contributed by atoms with Crippen molar-refractivity contribution in [1.29, 1.82) is 0 Å². The second-order valence-corrected chi connectivity index (χ2v) is 6.92. The van der Waals surface area contributed by atoms with Gasteiger partial charge < -0.3 is 20.1 Å². The van der Waals surface area contributed by atoms with Crippen LogP contribution < -0.4 is 20.1 Å². The first-order chi connectivity index (χ1) is 13.5. The molecule has 2 amide bonds. The van der Waals surface area contributed by atoms with Gasteiger partial charge in [-0.05, 0) is 30.2 Å². The average molecular weight is 386 g/mol. The number of benzene rings is 2. The fourth-order valence-electron chi connectivity index (χ4n) is 2.89. The van der Waals surface area contributed by atoms with E-state index >= 15 is 0 Å². The van der Waals surface area contributed by atoms with E-state index in [9.17, 15) is 14.0 Å². The van der Waals surface area contributed by atoms with Crippen molar-refractivity contribution in [2.45, 2.75) is 26.0 Å². The summed E-state index contributed by atoms with van der Waals surface area (Å²) in [7, 11) is 0. The van der Waals surface area contributed by atoms with Gasteiger partial charge in [-0.1, -0.05) is 38.1 Å². The third kappa shape index (κ3) is 4.60. The number of hydrogen-bond donors (Lipinski definition) is 2. The maximum Gasteiger partial charge on any atom is 0.254 e. The Bertz CT molecular complexity index is 856. The van der Waals surface area contributed by atoms with Crippen LogP contribution in [0.5, 0.6) is 11.5 Å². The van der Waals surface area contributed by atoms with Crippen molar-refractivity contribution in [1.82, 2.24) is 10.6 Å². The number of para-hydroxylation sites is 2. The Morgan fingerprint density at radius 2 is 1.79 bits per heavy atom. The predicted octanol–water partition coefficient (Wildman–Crippen LogP) is 2.54. The molecule has 0 radical (unpaired) electrons. The number of halogens is 1. The minimum Gasteiger partial charge on any atom is -0.486 e. The molecule has 2 N–H and O–H groups in total. The van der Waals surface area contributed by atoms with Crippen molar-refractivity contribution in [3.8, 4) is 11.5 Å². The smallest absolute Gasteiger partial charge is 0.254 e. The zero-order chi connectivity index (χ0) is 20.1. The highest BCUT2D eigenvalue weighted by molar-refractivity contribution is 5.97. The molecule has 0 bridgehead atoms. The van der Waals surface area contributed by atoms with Crippen LogP contribution in [0.15, 0.2) is 48.5 Å². The van der Waals surface area contributed by atoms with Crippen LogP contribution in [0.25, 0.3) is 0 Å². The molecule has 0 saturated heterocycles. The third-order valence-electron chi connectivity index (χ3n) is 4.43. The van der Waals surface area contributed by atoms with Crippen molar-refractivity contribution in [2.75, 3.05) is 13.2 Å². The number of amides is 2. The van der Waals surface area contributed by atoms with Crippen molar-refractivity contribution in [3.05, 3.63) is 59.9 Å². The average Bonchev–Trinajstić information content (AvgIpc) is 2.70. The van der Waals surface area contributed by atoms with Gasteiger partial charge in [-0.25, -0.2) is 4.39 Å². The summed E-state index contributed by atoms with van der Waals surface area (Å²) in [5.74, 6) is -0.502. The highest BCUT2D eigenvalue weighted by Crippen LogP contribution is 2.30. The molecule has 2 aromatic rings. The van der Waals surface area contributed by atoms with Gasteiger partial charge in [-0.3, -0.25) is 9.59 Å². The number of carbonyl (C=O) groups is 2. The van der Waals surface area contributed by atoms with Crippen LogP contribution in [0.2, 0.25) is 0 Å². The van der Waals surface area contributed by atoms with Gasteiger partial charge in [-0.2, -0.15) is 0 Å². The van der Waals surface area contributed by atoms with Gasteiger partial charge in [0, 0.05) is 0 Å². The van der Waals surface area contributed by atoms with Crippen LogP contribution in [0, 0.1) is 11.7 Å². The van der Waals surface area contributed by atoms with E-state index in [-0.39, 0.29) is 30.0 Å². The van der Waals surface area contributed by atoms with Crippen molar-refractivity contribution in [2.24, 2.45) is 5.92 Å². The van der Waals surface area contributed by atoms with E-state index < -0.39 is 17.8 Å². The molecule has 1 aliphatic rings. The van der Waals surface area contributed by atoms with Gasteiger partial charge >= 0.3 is 0 Å². The molecule has 0 aromatic heterocycles. The topological polar surface area (TPSA) is 76.7 Å². The molecule has 0 aliphatic carbocycles. The van der Waals surface area contributed by atoms with E-state index in [0.717, 1.165) is 0 Å². The summed E-state index contributed by atoms with van der Waals surface area (Å²) in [5.41, 5.74) is -0.0958. The van der Waals surface area contributed by atoms with E-state index in [1.165, 1.54) is 18.2 Å². The molecule has 1 heterocycles. The lowest BCUT2D eigenvalue weighted by atomic mass is 10.0. The highest BCUT2D eigenvalue weighted by atomic mass is 19.1. The Kier molecular flexibility index (Phi) is 6.13. The maximum absolute atomic E-state index is 13.8. The normalized spacial score (nSPS) is 16.4. The Morgan fingerprint density at radius 1 is 1.11 bits per heavy atom. The molecule has 3 rings (SSSR count). The van der Waals surface area contributed by atoms with E-state index in [1.54, 1.807) is 12.1 Å². The maximum atomic E-state index is 13.8. The number of nitrogens with one attached hydrogen (secondary N) is 2. The molecule has 0 spiro atoms. The third-order valence-corrected chi connectivity index (χ3v) is 4.43. The van der Waals surface area contributed by atoms with Gasteiger partial charge in [0.1, 0.15) is 24.6 Å². The summed E-state index contributed by atoms with van der Waals surface area (Å²) >= 11 is 0. The standard InChI is InChI=1S/C21H23FN2O4/c1-13(2)19(24-20(25)15-7-3-4-8-16(15)22)21(26)23-11-14-12-27-17-9-5-6-10-18(17)28-14/h3-10,13-14,19H,11-12H2,1-2H3,(H,23,26)(H,24,25). The lowest BCUT2D eigenvalue weighted by Gasteiger charge is -2.28. The summed E-state index contributed by atoms with van der Waals surface area (Å²) in [5, 5.41) is 5.40. The molecule has 0 saturated carbocycles. The molecule has 7 heteroatoms. The number of carbonyl (C=O) groups excluding carboxylic acids is 2. The molecule has 148 valence electrons. The quantitative estimate of drug-likeness (QED) is 0.800. The monoisotopic (exact) mass is 386 g/mol. The number of hydrogen-bond acceptors (Lipinski definition) is 4. The van der Waals surface area contributed by atoms with E-state index in [4.69, 9.17) is 9.47 Å². The SMILES string of the molecule is CC(C)C(NC(=O)c1ccccc1F)C(=O)NCC1COc2ccccc2O1. The van der Waals surface area contributed by atoms with Crippen LogP contribution in [0.3, 0.4) is 0 Å².